The summed E-state index contributed by atoms with van der Waals surface area (Å²) in [6, 6.07) is 22.0. The predicted octanol–water partition coefficient (Wildman–Crippen LogP) is 5.40. The van der Waals surface area contributed by atoms with E-state index in [1.165, 1.54) is 47.2 Å². The third kappa shape index (κ3) is 5.29. The molecule has 3 heterocycles. The first-order valence-corrected chi connectivity index (χ1v) is 11.8. The van der Waals surface area contributed by atoms with Crippen LogP contribution in [0.15, 0.2) is 66.9 Å². The fourth-order valence-corrected chi connectivity index (χ4v) is 5.02. The Kier molecular flexibility index (Phi) is 7.46. The average Bonchev–Trinajstić information content (AvgIpc) is 3.27. The van der Waals surface area contributed by atoms with Gasteiger partial charge in [-0.05, 0) is 79.1 Å². The molecular weight excluding hydrogens is 430 g/mol. The van der Waals surface area contributed by atoms with Crippen molar-refractivity contribution < 1.29 is 4.79 Å². The highest BCUT2D eigenvalue weighted by Crippen LogP contribution is 2.27. The molecule has 5 rings (SSSR count). The first-order chi connectivity index (χ1) is 15.7. The molecule has 1 aromatic heterocycles. The number of pyridine rings is 1. The normalized spacial score (nSPS) is 18.0. The monoisotopic (exact) mass is 461 g/mol. The van der Waals surface area contributed by atoms with Crippen molar-refractivity contribution in [1.29, 1.82) is 0 Å². The maximum absolute atomic E-state index is 12.7. The van der Waals surface area contributed by atoms with Crippen LogP contribution < -0.4 is 0 Å². The third-order valence-corrected chi connectivity index (χ3v) is 7.06. The van der Waals surface area contributed by atoms with E-state index in [1.54, 1.807) is 12.3 Å². The minimum Gasteiger partial charge on any atom is -0.333 e. The zero-order chi connectivity index (χ0) is 21.9. The molecule has 0 N–H and O–H groups in total. The molecule has 0 radical (unpaired) electrons. The van der Waals surface area contributed by atoms with Crippen molar-refractivity contribution in [1.82, 2.24) is 14.8 Å². The van der Waals surface area contributed by atoms with E-state index in [0.29, 0.717) is 12.2 Å². The number of likely N-dealkylation sites (tertiary alicyclic amines) is 1. The van der Waals surface area contributed by atoms with Gasteiger partial charge in [-0.3, -0.25) is 9.78 Å². The van der Waals surface area contributed by atoms with Crippen molar-refractivity contribution >= 4 is 18.3 Å². The molecular formula is C28H32ClN3O. The van der Waals surface area contributed by atoms with E-state index >= 15 is 0 Å². The summed E-state index contributed by atoms with van der Waals surface area (Å²) in [5.41, 5.74) is 7.03. The minimum absolute atomic E-state index is 0. The summed E-state index contributed by atoms with van der Waals surface area (Å²) >= 11 is 0. The van der Waals surface area contributed by atoms with E-state index in [2.05, 4.69) is 59.3 Å². The molecule has 0 bridgehead atoms. The van der Waals surface area contributed by atoms with Gasteiger partial charge >= 0.3 is 0 Å². The number of hydrogen-bond donors (Lipinski definition) is 0. The Bertz CT molecular complexity index is 1080. The van der Waals surface area contributed by atoms with Gasteiger partial charge in [-0.15, -0.1) is 12.4 Å². The lowest BCUT2D eigenvalue weighted by atomic mass is 9.94. The van der Waals surface area contributed by atoms with Crippen molar-refractivity contribution in [3.8, 4) is 11.1 Å². The van der Waals surface area contributed by atoms with Gasteiger partial charge in [0.05, 0.1) is 0 Å². The maximum Gasteiger partial charge on any atom is 0.272 e. The summed E-state index contributed by atoms with van der Waals surface area (Å²) in [5, 5.41) is 0. The predicted molar refractivity (Wildman–Crippen MR) is 136 cm³/mol. The molecule has 0 spiro atoms. The van der Waals surface area contributed by atoms with Gasteiger partial charge in [-0.1, -0.05) is 48.5 Å². The number of carbonyl (C=O) groups is 1. The average molecular weight is 462 g/mol. The van der Waals surface area contributed by atoms with Gasteiger partial charge in [-0.2, -0.15) is 0 Å². The SMILES string of the molecule is CC1CCCN1CCc1ccc(-c2ccc3c(c2)CCN(C(=O)c2ccccn2)C3)cc1.Cl. The lowest BCUT2D eigenvalue weighted by Gasteiger charge is -2.29. The van der Waals surface area contributed by atoms with Gasteiger partial charge in [0.25, 0.3) is 5.91 Å². The van der Waals surface area contributed by atoms with E-state index in [-0.39, 0.29) is 18.3 Å². The lowest BCUT2D eigenvalue weighted by Crippen LogP contribution is -2.36. The summed E-state index contributed by atoms with van der Waals surface area (Å²) in [4.78, 5) is 21.5. The number of nitrogens with zero attached hydrogens (tertiary/aromatic N) is 3. The molecule has 0 aliphatic carbocycles. The lowest BCUT2D eigenvalue weighted by molar-refractivity contribution is 0.0729. The summed E-state index contributed by atoms with van der Waals surface area (Å²) in [6.07, 6.45) is 6.36. The van der Waals surface area contributed by atoms with Crippen molar-refractivity contribution in [3.05, 3.63) is 89.2 Å². The van der Waals surface area contributed by atoms with Crippen LogP contribution in [0.2, 0.25) is 0 Å². The first kappa shape index (κ1) is 23.5. The number of hydrogen-bond acceptors (Lipinski definition) is 3. The Morgan fingerprint density at radius 1 is 1.00 bits per heavy atom. The number of halogens is 1. The second-order valence-corrected chi connectivity index (χ2v) is 9.15. The fourth-order valence-electron chi connectivity index (χ4n) is 5.02. The Morgan fingerprint density at radius 3 is 2.55 bits per heavy atom. The Hall–Kier alpha value is -2.69. The van der Waals surface area contributed by atoms with E-state index in [0.717, 1.165) is 32.0 Å². The maximum atomic E-state index is 12.7. The Labute approximate surface area is 203 Å². The van der Waals surface area contributed by atoms with E-state index in [9.17, 15) is 4.79 Å². The molecule has 172 valence electrons. The van der Waals surface area contributed by atoms with Gasteiger partial charge in [0.2, 0.25) is 0 Å². The van der Waals surface area contributed by atoms with Crippen LogP contribution in [0.1, 0.15) is 46.9 Å². The Balaban J connectivity index is 0.00000259. The molecule has 1 atom stereocenters. The minimum atomic E-state index is 0. The summed E-state index contributed by atoms with van der Waals surface area (Å²) in [7, 11) is 0. The third-order valence-electron chi connectivity index (χ3n) is 7.06. The second kappa shape index (κ2) is 10.5. The molecule has 1 saturated heterocycles. The highest BCUT2D eigenvalue weighted by Gasteiger charge is 2.23. The van der Waals surface area contributed by atoms with Crippen LogP contribution in [-0.4, -0.2) is 46.4 Å². The Morgan fingerprint density at radius 2 is 1.82 bits per heavy atom. The standard InChI is InChI=1S/C28H31N3O.ClH/c1-21-5-4-16-30(21)17-13-22-7-9-23(10-8-22)24-11-12-26-20-31(18-14-25(26)19-24)28(32)27-6-2-3-15-29-27;/h2-3,6-12,15,19,21H,4-5,13-14,16-18,20H2,1H3;1H. The van der Waals surface area contributed by atoms with Gasteiger partial charge in [0.1, 0.15) is 5.69 Å². The number of rotatable bonds is 5. The van der Waals surface area contributed by atoms with Gasteiger partial charge in [0, 0.05) is 31.9 Å². The van der Waals surface area contributed by atoms with Crippen LogP contribution in [0.4, 0.5) is 0 Å². The number of fused-ring (bicyclic) bond motifs is 1. The van der Waals surface area contributed by atoms with Crippen LogP contribution in [0.3, 0.4) is 0 Å². The van der Waals surface area contributed by atoms with E-state index < -0.39 is 0 Å². The van der Waals surface area contributed by atoms with Gasteiger partial charge < -0.3 is 9.80 Å². The molecule has 1 amide bonds. The summed E-state index contributed by atoms with van der Waals surface area (Å²) in [5.74, 6) is 0.0132. The zero-order valence-electron chi connectivity index (χ0n) is 19.2. The number of amides is 1. The molecule has 2 aromatic carbocycles. The van der Waals surface area contributed by atoms with Crippen LogP contribution in [0.5, 0.6) is 0 Å². The van der Waals surface area contributed by atoms with Crippen LogP contribution in [-0.2, 0) is 19.4 Å². The van der Waals surface area contributed by atoms with Crippen LogP contribution in [0, 0.1) is 0 Å². The molecule has 33 heavy (non-hydrogen) atoms. The quantitative estimate of drug-likeness (QED) is 0.510. The van der Waals surface area contributed by atoms with Gasteiger partial charge in [0.15, 0.2) is 0 Å². The molecule has 4 nitrogen and oxygen atoms in total. The number of benzene rings is 2. The molecule has 2 aliphatic rings. The van der Waals surface area contributed by atoms with Gasteiger partial charge in [-0.25, -0.2) is 0 Å². The molecule has 1 unspecified atom stereocenters. The largest absolute Gasteiger partial charge is 0.333 e. The second-order valence-electron chi connectivity index (χ2n) is 9.15. The van der Waals surface area contributed by atoms with E-state index in [4.69, 9.17) is 0 Å². The first-order valence-electron chi connectivity index (χ1n) is 11.8. The fraction of sp³-hybridized carbons (Fsp3) is 0.357. The van der Waals surface area contributed by atoms with Crippen LogP contribution in [0.25, 0.3) is 11.1 Å². The molecule has 3 aromatic rings. The van der Waals surface area contributed by atoms with Crippen molar-refractivity contribution in [3.63, 3.8) is 0 Å². The zero-order valence-corrected chi connectivity index (χ0v) is 20.1. The summed E-state index contributed by atoms with van der Waals surface area (Å²) in [6.45, 7) is 6.14. The smallest absolute Gasteiger partial charge is 0.272 e. The highest BCUT2D eigenvalue weighted by molar-refractivity contribution is 5.92. The highest BCUT2D eigenvalue weighted by atomic mass is 35.5. The molecule has 1 fully saturated rings. The topological polar surface area (TPSA) is 36.4 Å². The van der Waals surface area contributed by atoms with Crippen molar-refractivity contribution in [2.24, 2.45) is 0 Å². The number of aromatic nitrogens is 1. The van der Waals surface area contributed by atoms with E-state index in [1.807, 2.05) is 17.0 Å². The van der Waals surface area contributed by atoms with Crippen LogP contribution >= 0.6 is 12.4 Å². The van der Waals surface area contributed by atoms with Crippen molar-refractivity contribution in [2.75, 3.05) is 19.6 Å². The van der Waals surface area contributed by atoms with Crippen molar-refractivity contribution in [2.45, 2.75) is 45.2 Å². The molecule has 0 saturated carbocycles. The summed E-state index contributed by atoms with van der Waals surface area (Å²) < 4.78 is 0. The molecule has 2 aliphatic heterocycles. The molecule has 5 heteroatoms. The number of carbonyl (C=O) groups excluding carboxylic acids is 1.